The van der Waals surface area contributed by atoms with Crippen molar-refractivity contribution in [3.63, 3.8) is 0 Å². The molecule has 0 spiro atoms. The van der Waals surface area contributed by atoms with Crippen LogP contribution in [-0.4, -0.2) is 13.0 Å². The molecule has 0 radical (unpaired) electrons. The van der Waals surface area contributed by atoms with Crippen molar-refractivity contribution in [2.75, 3.05) is 0 Å². The molecule has 0 heterocycles. The fourth-order valence-electron chi connectivity index (χ4n) is 1.69. The second-order valence-corrected chi connectivity index (χ2v) is 6.25. The van der Waals surface area contributed by atoms with Gasteiger partial charge in [-0.1, -0.05) is 54.1 Å². The lowest BCUT2D eigenvalue weighted by atomic mass is 10.0. The number of hydrogen-bond donors (Lipinski definition) is 1. The fraction of sp³-hybridized carbons (Fsp3) is 0.143. The van der Waals surface area contributed by atoms with Crippen LogP contribution in [0.4, 0.5) is 0 Å². The summed E-state index contributed by atoms with van der Waals surface area (Å²) < 4.78 is 33.4. The molecule has 2 aromatic carbocycles. The van der Waals surface area contributed by atoms with Crippen LogP contribution in [0.3, 0.4) is 0 Å². The van der Waals surface area contributed by atoms with Gasteiger partial charge in [0.1, 0.15) is 0 Å². The lowest BCUT2D eigenvalue weighted by molar-refractivity contribution is 0.407. The molecule has 0 unspecified atom stereocenters. The van der Waals surface area contributed by atoms with Crippen LogP contribution < -0.4 is 0 Å². The van der Waals surface area contributed by atoms with Gasteiger partial charge in [-0.3, -0.25) is 4.55 Å². The first-order valence-electron chi connectivity index (χ1n) is 5.88. The second kappa shape index (κ2) is 6.41. The van der Waals surface area contributed by atoms with E-state index in [1.807, 2.05) is 31.2 Å². The average Bonchev–Trinajstić information content (AvgIpc) is 2.39. The maximum absolute atomic E-state index is 10.4. The largest absolute Gasteiger partial charge is 0.408 e. The molecule has 0 bridgehead atoms. The summed E-state index contributed by atoms with van der Waals surface area (Å²) in [6, 6.07) is 16.0. The van der Waals surface area contributed by atoms with Crippen LogP contribution in [-0.2, 0) is 19.8 Å². The van der Waals surface area contributed by atoms with E-state index >= 15 is 0 Å². The highest BCUT2D eigenvalue weighted by atomic mass is 32.3. The maximum Gasteiger partial charge on any atom is 0.408 e. The van der Waals surface area contributed by atoms with Crippen molar-refractivity contribution in [3.8, 4) is 11.1 Å². The summed E-state index contributed by atoms with van der Waals surface area (Å²) in [5.74, 6) is 0.341. The average molecular weight is 310 g/mol. The van der Waals surface area contributed by atoms with Gasteiger partial charge in [-0.25, -0.2) is 0 Å². The van der Waals surface area contributed by atoms with Gasteiger partial charge in [0.2, 0.25) is 0 Å². The van der Waals surface area contributed by atoms with E-state index < -0.39 is 10.4 Å². The van der Waals surface area contributed by atoms with E-state index in [2.05, 4.69) is 27.9 Å². The molecule has 2 aromatic rings. The molecule has 0 amide bonds. The Bertz CT molecular complexity index is 661. The van der Waals surface area contributed by atoms with Gasteiger partial charge in [0, 0.05) is 17.8 Å². The zero-order chi connectivity index (χ0) is 14.6. The van der Waals surface area contributed by atoms with Gasteiger partial charge in [-0.05, 0) is 23.6 Å². The van der Waals surface area contributed by atoms with Gasteiger partial charge < -0.3 is 0 Å². The molecule has 2 rings (SSSR count). The minimum atomic E-state index is -4.39. The van der Waals surface area contributed by atoms with Gasteiger partial charge in [0.25, 0.3) is 0 Å². The van der Waals surface area contributed by atoms with Crippen molar-refractivity contribution in [1.29, 1.82) is 0 Å². The number of aryl methyl sites for hydroxylation is 1. The zero-order valence-corrected chi connectivity index (χ0v) is 12.4. The lowest BCUT2D eigenvalue weighted by Gasteiger charge is -2.04. The quantitative estimate of drug-likeness (QED) is 0.675. The van der Waals surface area contributed by atoms with Crippen molar-refractivity contribution in [2.24, 2.45) is 0 Å². The smallest absolute Gasteiger partial charge is 0.263 e. The summed E-state index contributed by atoms with van der Waals surface area (Å²) in [5, 5.41) is 0. The van der Waals surface area contributed by atoms with Crippen LogP contribution in [0.25, 0.3) is 11.1 Å². The molecule has 106 valence electrons. The third-order valence-corrected chi connectivity index (χ3v) is 4.22. The summed E-state index contributed by atoms with van der Waals surface area (Å²) in [5.41, 5.74) is 4.34. The van der Waals surface area contributed by atoms with Crippen molar-refractivity contribution in [2.45, 2.75) is 12.7 Å². The van der Waals surface area contributed by atoms with Gasteiger partial charge in [-0.2, -0.15) is 12.0 Å². The molecule has 0 aromatic heterocycles. The molecule has 0 aliphatic carbocycles. The highest BCUT2D eigenvalue weighted by Gasteiger charge is 2.05. The minimum Gasteiger partial charge on any atom is -0.263 e. The summed E-state index contributed by atoms with van der Waals surface area (Å²) >= 11 is 0.679. The Morgan fingerprint density at radius 1 is 1.00 bits per heavy atom. The topological polar surface area (TPSA) is 63.6 Å². The number of rotatable bonds is 5. The van der Waals surface area contributed by atoms with E-state index in [0.717, 1.165) is 16.7 Å². The van der Waals surface area contributed by atoms with Gasteiger partial charge in [-0.15, -0.1) is 0 Å². The highest BCUT2D eigenvalue weighted by molar-refractivity contribution is 8.02. The third-order valence-electron chi connectivity index (χ3n) is 2.70. The van der Waals surface area contributed by atoms with E-state index in [0.29, 0.717) is 17.8 Å². The van der Waals surface area contributed by atoms with E-state index in [9.17, 15) is 8.42 Å². The Balaban J connectivity index is 2.01. The van der Waals surface area contributed by atoms with Crippen LogP contribution in [0.1, 0.15) is 11.1 Å². The molecule has 0 saturated carbocycles. The van der Waals surface area contributed by atoms with Crippen LogP contribution >= 0.6 is 12.0 Å². The summed E-state index contributed by atoms with van der Waals surface area (Å²) in [7, 11) is -4.39. The van der Waals surface area contributed by atoms with Gasteiger partial charge >= 0.3 is 10.4 Å². The number of hydrogen-bond acceptors (Lipinski definition) is 4. The Hall–Kier alpha value is -1.34. The first-order valence-corrected chi connectivity index (χ1v) is 8.16. The molecule has 6 heteroatoms. The monoisotopic (exact) mass is 310 g/mol. The predicted molar refractivity (Wildman–Crippen MR) is 80.5 cm³/mol. The van der Waals surface area contributed by atoms with Crippen LogP contribution in [0.5, 0.6) is 0 Å². The Labute approximate surface area is 123 Å². The standard InChI is InChI=1S/C14H14O4S2/c1-11-2-6-13(7-3-11)14-8-4-12(5-9-14)10-19-18-20(15,16)17/h2-9H,10H2,1H3,(H,15,16,17). The van der Waals surface area contributed by atoms with E-state index in [1.54, 1.807) is 0 Å². The molecular weight excluding hydrogens is 296 g/mol. The maximum atomic E-state index is 10.4. The Morgan fingerprint density at radius 2 is 1.50 bits per heavy atom. The number of benzene rings is 2. The van der Waals surface area contributed by atoms with Crippen molar-refractivity contribution in [1.82, 2.24) is 0 Å². The van der Waals surface area contributed by atoms with Crippen LogP contribution in [0.15, 0.2) is 48.5 Å². The van der Waals surface area contributed by atoms with Crippen molar-refractivity contribution >= 4 is 22.4 Å². The molecule has 0 fully saturated rings. The summed E-state index contributed by atoms with van der Waals surface area (Å²) in [6.45, 7) is 2.04. The summed E-state index contributed by atoms with van der Waals surface area (Å²) in [6.07, 6.45) is 0. The molecule has 0 aliphatic heterocycles. The lowest BCUT2D eigenvalue weighted by Crippen LogP contribution is -1.97. The molecule has 4 nitrogen and oxygen atoms in total. The molecule has 1 N–H and O–H groups in total. The van der Waals surface area contributed by atoms with E-state index in [1.165, 1.54) is 5.56 Å². The summed E-state index contributed by atoms with van der Waals surface area (Å²) in [4.78, 5) is 0. The minimum absolute atomic E-state index is 0.341. The molecule has 0 atom stereocenters. The molecule has 0 saturated heterocycles. The van der Waals surface area contributed by atoms with E-state index in [4.69, 9.17) is 4.55 Å². The Morgan fingerprint density at radius 3 is 2.00 bits per heavy atom. The predicted octanol–water partition coefficient (Wildman–Crippen LogP) is 3.63. The zero-order valence-electron chi connectivity index (χ0n) is 10.8. The van der Waals surface area contributed by atoms with Gasteiger partial charge in [0.05, 0.1) is 0 Å². The molecule has 0 aliphatic rings. The SMILES string of the molecule is Cc1ccc(-c2ccc(CSOS(=O)(=O)O)cc2)cc1. The highest BCUT2D eigenvalue weighted by Crippen LogP contribution is 2.22. The van der Waals surface area contributed by atoms with Gasteiger partial charge in [0.15, 0.2) is 0 Å². The second-order valence-electron chi connectivity index (χ2n) is 4.32. The normalized spacial score (nSPS) is 11.5. The van der Waals surface area contributed by atoms with Crippen LogP contribution in [0, 0.1) is 6.92 Å². The first-order chi connectivity index (χ1) is 9.44. The van der Waals surface area contributed by atoms with Crippen LogP contribution in [0.2, 0.25) is 0 Å². The van der Waals surface area contributed by atoms with Crippen molar-refractivity contribution in [3.05, 3.63) is 59.7 Å². The third kappa shape index (κ3) is 4.64. The van der Waals surface area contributed by atoms with Crippen molar-refractivity contribution < 1.29 is 16.6 Å². The fourth-order valence-corrected chi connectivity index (χ4v) is 2.70. The van der Waals surface area contributed by atoms with E-state index in [-0.39, 0.29) is 0 Å². The Kier molecular flexibility index (Phi) is 4.82. The molecule has 20 heavy (non-hydrogen) atoms. The molecular formula is C14H14O4S2. The first kappa shape index (κ1) is 15.1.